The van der Waals surface area contributed by atoms with Crippen LogP contribution in [0.5, 0.6) is 11.5 Å². The van der Waals surface area contributed by atoms with Crippen LogP contribution in [-0.2, 0) is 21.4 Å². The van der Waals surface area contributed by atoms with Gasteiger partial charge in [-0.3, -0.25) is 0 Å². The van der Waals surface area contributed by atoms with Crippen LogP contribution >= 0.6 is 0 Å². The van der Waals surface area contributed by atoms with Gasteiger partial charge in [-0.1, -0.05) is 30.3 Å². The molecule has 0 aliphatic carbocycles. The lowest BCUT2D eigenvalue weighted by atomic mass is 9.87. The van der Waals surface area contributed by atoms with E-state index < -0.39 is 27.8 Å². The van der Waals surface area contributed by atoms with Crippen molar-refractivity contribution in [2.24, 2.45) is 0 Å². The third-order valence-electron chi connectivity index (χ3n) is 4.87. The van der Waals surface area contributed by atoms with Gasteiger partial charge in [0.2, 0.25) is 10.0 Å². The summed E-state index contributed by atoms with van der Waals surface area (Å²) in [5.74, 6) is 1.25. The molecule has 2 aromatic rings. The summed E-state index contributed by atoms with van der Waals surface area (Å²) in [5, 5.41) is 0. The number of sulfonamides is 1. The first-order chi connectivity index (χ1) is 13.3. The van der Waals surface area contributed by atoms with Crippen LogP contribution in [-0.4, -0.2) is 33.0 Å². The number of methoxy groups -OCH3 is 1. The second-order valence-corrected chi connectivity index (χ2v) is 9.38. The Morgan fingerprint density at radius 1 is 1.14 bits per heavy atom. The van der Waals surface area contributed by atoms with E-state index in [9.17, 15) is 8.42 Å². The van der Waals surface area contributed by atoms with Gasteiger partial charge < -0.3 is 14.2 Å². The molecule has 6 nitrogen and oxygen atoms in total. The molecule has 0 aromatic heterocycles. The van der Waals surface area contributed by atoms with Crippen molar-refractivity contribution in [2.75, 3.05) is 12.9 Å². The molecule has 0 bridgehead atoms. The van der Waals surface area contributed by atoms with Crippen molar-refractivity contribution in [1.82, 2.24) is 4.72 Å². The summed E-state index contributed by atoms with van der Waals surface area (Å²) in [6, 6.07) is 14.7. The molecule has 152 valence electrons. The Bertz CT molecular complexity index is 912. The van der Waals surface area contributed by atoms with Crippen LogP contribution in [0.3, 0.4) is 0 Å². The first-order valence-electron chi connectivity index (χ1n) is 9.28. The smallest absolute Gasteiger partial charge is 0.211 e. The second kappa shape index (κ2) is 8.11. The van der Waals surface area contributed by atoms with E-state index in [-0.39, 0.29) is 5.75 Å². The largest absolute Gasteiger partial charge is 0.489 e. The van der Waals surface area contributed by atoms with Crippen LogP contribution in [0.2, 0.25) is 0 Å². The molecule has 28 heavy (non-hydrogen) atoms. The summed E-state index contributed by atoms with van der Waals surface area (Å²) in [4.78, 5) is 0. The van der Waals surface area contributed by atoms with E-state index in [1.807, 2.05) is 62.4 Å². The molecule has 0 amide bonds. The molecule has 1 aliphatic heterocycles. The molecule has 2 aromatic carbocycles. The highest BCUT2D eigenvalue weighted by Crippen LogP contribution is 2.43. The first-order valence-corrected chi connectivity index (χ1v) is 10.9. The van der Waals surface area contributed by atoms with Crippen molar-refractivity contribution in [3.8, 4) is 11.5 Å². The second-order valence-electron chi connectivity index (χ2n) is 7.33. The molecule has 1 heterocycles. The molecule has 0 spiro atoms. The van der Waals surface area contributed by atoms with Crippen LogP contribution in [0.4, 0.5) is 0 Å². The Balaban J connectivity index is 1.93. The molecule has 3 rings (SSSR count). The van der Waals surface area contributed by atoms with Gasteiger partial charge in [0.05, 0.1) is 11.8 Å². The lowest BCUT2D eigenvalue weighted by Crippen LogP contribution is -2.54. The quantitative estimate of drug-likeness (QED) is 0.764. The van der Waals surface area contributed by atoms with Crippen molar-refractivity contribution >= 4 is 10.0 Å². The van der Waals surface area contributed by atoms with Crippen molar-refractivity contribution in [3.63, 3.8) is 0 Å². The SMILES string of the molecule is CCS(=O)(=O)NC1c2cc(OCc3ccccc3)ccc2OC(C)(C)C1OC. The van der Waals surface area contributed by atoms with E-state index in [1.165, 1.54) is 0 Å². The third kappa shape index (κ3) is 4.48. The highest BCUT2D eigenvalue weighted by molar-refractivity contribution is 7.89. The molecule has 0 fully saturated rings. The molecule has 2 unspecified atom stereocenters. The molecular weight excluding hydrogens is 378 g/mol. The predicted molar refractivity (Wildman–Crippen MR) is 108 cm³/mol. The molecule has 2 atom stereocenters. The molecule has 1 aliphatic rings. The lowest BCUT2D eigenvalue weighted by molar-refractivity contribution is -0.0824. The Hall–Kier alpha value is -2.09. The summed E-state index contributed by atoms with van der Waals surface area (Å²) in [6.45, 7) is 5.80. The molecule has 0 saturated heterocycles. The van der Waals surface area contributed by atoms with Crippen molar-refractivity contribution in [1.29, 1.82) is 0 Å². The monoisotopic (exact) mass is 405 g/mol. The topological polar surface area (TPSA) is 73.9 Å². The van der Waals surface area contributed by atoms with Crippen LogP contribution < -0.4 is 14.2 Å². The van der Waals surface area contributed by atoms with Gasteiger partial charge in [0.15, 0.2) is 0 Å². The normalized spacial score (nSPS) is 20.9. The standard InChI is InChI=1S/C21H27NO5S/c1-5-28(23,24)22-19-17-13-16(26-14-15-9-7-6-8-10-15)11-12-18(17)27-21(2,3)20(19)25-4/h6-13,19-20,22H,5,14H2,1-4H3. The maximum absolute atomic E-state index is 12.3. The predicted octanol–water partition coefficient (Wildman–Crippen LogP) is 3.43. The van der Waals surface area contributed by atoms with E-state index in [2.05, 4.69) is 4.72 Å². The third-order valence-corrected chi connectivity index (χ3v) is 6.24. The number of nitrogens with one attached hydrogen (secondary N) is 1. The molecule has 1 N–H and O–H groups in total. The summed E-state index contributed by atoms with van der Waals surface area (Å²) >= 11 is 0. The number of rotatable bonds is 7. The Morgan fingerprint density at radius 3 is 2.50 bits per heavy atom. The van der Waals surface area contributed by atoms with Crippen molar-refractivity contribution in [3.05, 3.63) is 59.7 Å². The summed E-state index contributed by atoms with van der Waals surface area (Å²) in [5.41, 5.74) is 1.05. The molecule has 0 radical (unpaired) electrons. The van der Waals surface area contributed by atoms with Gasteiger partial charge in [-0.05, 0) is 44.5 Å². The summed E-state index contributed by atoms with van der Waals surface area (Å²) in [7, 11) is -1.89. The zero-order valence-corrected chi connectivity index (χ0v) is 17.5. The van der Waals surface area contributed by atoms with Crippen molar-refractivity contribution < 1.29 is 22.6 Å². The van der Waals surface area contributed by atoms with Crippen LogP contribution in [0.25, 0.3) is 0 Å². The van der Waals surface area contributed by atoms with Crippen molar-refractivity contribution in [2.45, 2.75) is 45.1 Å². The Morgan fingerprint density at radius 2 is 1.86 bits per heavy atom. The maximum Gasteiger partial charge on any atom is 0.211 e. The van der Waals surface area contributed by atoms with E-state index in [1.54, 1.807) is 14.0 Å². The maximum atomic E-state index is 12.3. The summed E-state index contributed by atoms with van der Waals surface area (Å²) < 4.78 is 45.0. The minimum absolute atomic E-state index is 0.0131. The van der Waals surface area contributed by atoms with E-state index in [4.69, 9.17) is 14.2 Å². The van der Waals surface area contributed by atoms with Gasteiger partial charge in [-0.2, -0.15) is 0 Å². The van der Waals surface area contributed by atoms with Crippen LogP contribution in [0, 0.1) is 0 Å². The average molecular weight is 406 g/mol. The zero-order valence-electron chi connectivity index (χ0n) is 16.6. The number of benzene rings is 2. The Labute approximate surface area is 166 Å². The molecule has 0 saturated carbocycles. The zero-order chi connectivity index (χ0) is 20.4. The number of ether oxygens (including phenoxy) is 3. The fourth-order valence-corrected chi connectivity index (χ4v) is 4.23. The number of hydrogen-bond donors (Lipinski definition) is 1. The van der Waals surface area contributed by atoms with Gasteiger partial charge >= 0.3 is 0 Å². The lowest BCUT2D eigenvalue weighted by Gasteiger charge is -2.44. The highest BCUT2D eigenvalue weighted by Gasteiger charge is 2.45. The number of hydrogen-bond acceptors (Lipinski definition) is 5. The van der Waals surface area contributed by atoms with Gasteiger partial charge in [0.25, 0.3) is 0 Å². The van der Waals surface area contributed by atoms with Gasteiger partial charge in [0, 0.05) is 12.7 Å². The average Bonchev–Trinajstić information content (AvgIpc) is 2.66. The fourth-order valence-electron chi connectivity index (χ4n) is 3.42. The van der Waals surface area contributed by atoms with E-state index in [0.29, 0.717) is 23.7 Å². The van der Waals surface area contributed by atoms with Gasteiger partial charge in [0.1, 0.15) is 29.8 Å². The first kappa shape index (κ1) is 20.6. The molecule has 7 heteroatoms. The number of fused-ring (bicyclic) bond motifs is 1. The van der Waals surface area contributed by atoms with E-state index >= 15 is 0 Å². The summed E-state index contributed by atoms with van der Waals surface area (Å²) in [6.07, 6.45) is -0.495. The minimum atomic E-state index is -3.45. The molecular formula is C21H27NO5S. The highest BCUT2D eigenvalue weighted by atomic mass is 32.2. The van der Waals surface area contributed by atoms with E-state index in [0.717, 1.165) is 5.56 Å². The van der Waals surface area contributed by atoms with Gasteiger partial charge in [-0.15, -0.1) is 0 Å². The Kier molecular flexibility index (Phi) is 5.98. The van der Waals surface area contributed by atoms with Gasteiger partial charge in [-0.25, -0.2) is 13.1 Å². The minimum Gasteiger partial charge on any atom is -0.489 e. The fraction of sp³-hybridized carbons (Fsp3) is 0.429. The van der Waals surface area contributed by atoms with Crippen LogP contribution in [0.15, 0.2) is 48.5 Å². The van der Waals surface area contributed by atoms with Crippen LogP contribution in [0.1, 0.15) is 37.9 Å².